The van der Waals surface area contributed by atoms with Gasteiger partial charge in [-0.2, -0.15) is 9.78 Å². The summed E-state index contributed by atoms with van der Waals surface area (Å²) in [5, 5.41) is 5.57. The van der Waals surface area contributed by atoms with Crippen LogP contribution in [0.1, 0.15) is 42.3 Å². The first kappa shape index (κ1) is 19.4. The third-order valence-corrected chi connectivity index (χ3v) is 6.40. The van der Waals surface area contributed by atoms with E-state index < -0.39 is 0 Å². The van der Waals surface area contributed by atoms with Crippen LogP contribution in [0.25, 0.3) is 10.9 Å². The second-order valence-electron chi connectivity index (χ2n) is 8.20. The average Bonchev–Trinajstić information content (AvgIpc) is 2.80. The molecule has 4 aromatic rings. The van der Waals surface area contributed by atoms with Crippen molar-refractivity contribution in [1.29, 1.82) is 0 Å². The van der Waals surface area contributed by atoms with Gasteiger partial charge in [-0.25, -0.2) is 4.98 Å². The molecule has 0 bridgehead atoms. The number of nitrogens with zero attached hydrogens (tertiary/aromatic N) is 3. The molecule has 1 fully saturated rings. The Hall–Kier alpha value is -3.53. The number of benzene rings is 3. The van der Waals surface area contributed by atoms with Crippen LogP contribution in [0, 0.1) is 6.92 Å². The number of rotatable bonds is 4. The van der Waals surface area contributed by atoms with Crippen molar-refractivity contribution in [2.24, 2.45) is 5.10 Å². The number of fused-ring (bicyclic) bond motifs is 1. The number of aromatic nitrogens is 2. The van der Waals surface area contributed by atoms with E-state index >= 15 is 0 Å². The predicted molar refractivity (Wildman–Crippen MR) is 126 cm³/mol. The number of hydrogen-bond acceptors (Lipinski definition) is 3. The molecule has 5 rings (SSSR count). The van der Waals surface area contributed by atoms with Crippen LogP contribution in [-0.2, 0) is 11.8 Å². The van der Waals surface area contributed by atoms with E-state index in [0.717, 1.165) is 24.1 Å². The van der Waals surface area contributed by atoms with Crippen molar-refractivity contribution in [2.45, 2.75) is 38.5 Å². The fourth-order valence-corrected chi connectivity index (χ4v) is 4.59. The maximum Gasteiger partial charge on any atom is 0.282 e. The van der Waals surface area contributed by atoms with Crippen molar-refractivity contribution < 1.29 is 0 Å². The van der Waals surface area contributed by atoms with Crippen LogP contribution in [0.5, 0.6) is 0 Å². The van der Waals surface area contributed by atoms with Crippen LogP contribution < -0.4 is 5.56 Å². The van der Waals surface area contributed by atoms with Crippen molar-refractivity contribution >= 4 is 16.6 Å². The summed E-state index contributed by atoms with van der Waals surface area (Å²) in [6.45, 7) is 4.11. The topological polar surface area (TPSA) is 47.2 Å². The highest BCUT2D eigenvalue weighted by molar-refractivity contribution is 6.03. The van der Waals surface area contributed by atoms with Gasteiger partial charge in [0.1, 0.15) is 5.82 Å². The quantitative estimate of drug-likeness (QED) is 0.464. The predicted octanol–water partition coefficient (Wildman–Crippen LogP) is 5.25. The Morgan fingerprint density at radius 2 is 1.61 bits per heavy atom. The molecule has 1 aromatic heterocycles. The second kappa shape index (κ2) is 7.62. The van der Waals surface area contributed by atoms with E-state index in [2.05, 4.69) is 55.5 Å². The molecule has 0 amide bonds. The molecule has 4 nitrogen and oxygen atoms in total. The van der Waals surface area contributed by atoms with Gasteiger partial charge in [-0.3, -0.25) is 4.79 Å². The first-order valence-corrected chi connectivity index (χ1v) is 10.8. The van der Waals surface area contributed by atoms with E-state index in [4.69, 9.17) is 10.1 Å². The summed E-state index contributed by atoms with van der Waals surface area (Å²) in [5.41, 5.74) is 4.97. The first-order valence-electron chi connectivity index (χ1n) is 10.8. The Labute approximate surface area is 181 Å². The highest BCUT2D eigenvalue weighted by Crippen LogP contribution is 2.47. The monoisotopic (exact) mass is 407 g/mol. The van der Waals surface area contributed by atoms with E-state index in [1.54, 1.807) is 0 Å². The summed E-state index contributed by atoms with van der Waals surface area (Å²) in [5.74, 6) is 0.689. The molecule has 0 saturated heterocycles. The fraction of sp³-hybridized carbons (Fsp3) is 0.222. The van der Waals surface area contributed by atoms with Gasteiger partial charge in [0.05, 0.1) is 22.0 Å². The molecule has 3 aromatic carbocycles. The van der Waals surface area contributed by atoms with E-state index in [0.29, 0.717) is 17.6 Å². The molecule has 1 aliphatic rings. The zero-order chi connectivity index (χ0) is 21.4. The maximum absolute atomic E-state index is 13.3. The fourth-order valence-electron chi connectivity index (χ4n) is 4.59. The summed E-state index contributed by atoms with van der Waals surface area (Å²) < 4.78 is 1.53. The van der Waals surface area contributed by atoms with Crippen LogP contribution in [-0.4, -0.2) is 15.4 Å². The van der Waals surface area contributed by atoms with Crippen LogP contribution in [0.15, 0.2) is 88.8 Å². The normalized spacial score (nSPS) is 19.5. The van der Waals surface area contributed by atoms with Gasteiger partial charge in [-0.15, -0.1) is 0 Å². The van der Waals surface area contributed by atoms with Crippen molar-refractivity contribution in [2.75, 3.05) is 0 Å². The zero-order valence-corrected chi connectivity index (χ0v) is 17.9. The molecule has 4 heteroatoms. The lowest BCUT2D eigenvalue weighted by Gasteiger charge is -2.44. The largest absolute Gasteiger partial charge is 0.282 e. The first-order chi connectivity index (χ1) is 15.1. The molecule has 1 heterocycles. The summed E-state index contributed by atoms with van der Waals surface area (Å²) >= 11 is 0. The van der Waals surface area contributed by atoms with Crippen LogP contribution in [0.2, 0.25) is 0 Å². The van der Waals surface area contributed by atoms with Gasteiger partial charge < -0.3 is 0 Å². The average molecular weight is 408 g/mol. The molecule has 1 aliphatic carbocycles. The SMILES string of the molecule is CCc1nc2ccccc2c(=O)n1/N=C1\CCC1(c1ccccc1)c1ccc(C)cc1. The van der Waals surface area contributed by atoms with E-state index in [9.17, 15) is 4.79 Å². The Morgan fingerprint density at radius 3 is 2.29 bits per heavy atom. The summed E-state index contributed by atoms with van der Waals surface area (Å²) in [6, 6.07) is 26.7. The smallest absolute Gasteiger partial charge is 0.267 e. The lowest BCUT2D eigenvalue weighted by Crippen LogP contribution is -2.47. The van der Waals surface area contributed by atoms with Crippen molar-refractivity contribution in [3.8, 4) is 0 Å². The summed E-state index contributed by atoms with van der Waals surface area (Å²) in [4.78, 5) is 18.1. The summed E-state index contributed by atoms with van der Waals surface area (Å²) in [7, 11) is 0. The molecular weight excluding hydrogens is 382 g/mol. The number of para-hydroxylation sites is 1. The second-order valence-corrected chi connectivity index (χ2v) is 8.20. The molecule has 0 N–H and O–H groups in total. The van der Waals surface area contributed by atoms with E-state index in [-0.39, 0.29) is 11.0 Å². The Bertz CT molecular complexity index is 1340. The van der Waals surface area contributed by atoms with Gasteiger partial charge >= 0.3 is 0 Å². The van der Waals surface area contributed by atoms with Crippen LogP contribution in [0.4, 0.5) is 0 Å². The Morgan fingerprint density at radius 1 is 0.935 bits per heavy atom. The van der Waals surface area contributed by atoms with Crippen LogP contribution in [0.3, 0.4) is 0 Å². The minimum Gasteiger partial charge on any atom is -0.267 e. The molecular formula is C27H25N3O. The van der Waals surface area contributed by atoms with Gasteiger partial charge in [-0.1, -0.05) is 79.2 Å². The van der Waals surface area contributed by atoms with Crippen LogP contribution >= 0.6 is 0 Å². The molecule has 154 valence electrons. The molecule has 1 unspecified atom stereocenters. The van der Waals surface area contributed by atoms with Gasteiger partial charge in [0.25, 0.3) is 5.56 Å². The maximum atomic E-state index is 13.3. The van der Waals surface area contributed by atoms with E-state index in [1.807, 2.05) is 37.3 Å². The Balaban J connectivity index is 1.74. The van der Waals surface area contributed by atoms with Crippen molar-refractivity contribution in [3.05, 3.63) is 112 Å². The Kier molecular flexibility index (Phi) is 4.78. The van der Waals surface area contributed by atoms with Crippen molar-refractivity contribution in [3.63, 3.8) is 0 Å². The van der Waals surface area contributed by atoms with Gasteiger partial charge in [0.2, 0.25) is 0 Å². The molecule has 0 aliphatic heterocycles. The zero-order valence-electron chi connectivity index (χ0n) is 17.9. The van der Waals surface area contributed by atoms with Crippen molar-refractivity contribution in [1.82, 2.24) is 9.66 Å². The standard InChI is InChI=1S/C27H25N3O/c1-3-25-28-23-12-8-7-11-22(23)26(31)30(25)29-24-17-18-27(24,20-9-5-4-6-10-20)21-15-13-19(2)14-16-21/h4-16H,3,17-18H2,1-2H3/b29-24+. The van der Waals surface area contributed by atoms with Gasteiger partial charge in [0.15, 0.2) is 0 Å². The highest BCUT2D eigenvalue weighted by atomic mass is 16.1. The summed E-state index contributed by atoms with van der Waals surface area (Å²) in [6.07, 6.45) is 2.46. The third kappa shape index (κ3) is 3.10. The van der Waals surface area contributed by atoms with Gasteiger partial charge in [0, 0.05) is 6.42 Å². The molecule has 1 atom stereocenters. The number of aryl methyl sites for hydroxylation is 2. The third-order valence-electron chi connectivity index (χ3n) is 6.40. The molecule has 0 spiro atoms. The minimum atomic E-state index is -0.314. The molecule has 31 heavy (non-hydrogen) atoms. The lowest BCUT2D eigenvalue weighted by atomic mass is 9.59. The van der Waals surface area contributed by atoms with E-state index in [1.165, 1.54) is 21.4 Å². The highest BCUT2D eigenvalue weighted by Gasteiger charge is 2.47. The minimum absolute atomic E-state index is 0.104. The lowest BCUT2D eigenvalue weighted by molar-refractivity contribution is 0.528. The number of hydrogen-bond donors (Lipinski definition) is 0. The molecule has 0 radical (unpaired) electrons. The molecule has 1 saturated carbocycles. The van der Waals surface area contributed by atoms with Gasteiger partial charge in [-0.05, 0) is 43.0 Å².